The normalized spacial score (nSPS) is 10.5. The molecule has 0 atom stereocenters. The van der Waals surface area contributed by atoms with Crippen molar-refractivity contribution in [2.45, 2.75) is 6.61 Å². The van der Waals surface area contributed by atoms with Crippen molar-refractivity contribution in [2.24, 2.45) is 0 Å². The van der Waals surface area contributed by atoms with Crippen LogP contribution in [0.25, 0.3) is 5.69 Å². The minimum Gasteiger partial charge on any atom is -0.454 e. The molecule has 3 rings (SSSR count). The van der Waals surface area contributed by atoms with Crippen molar-refractivity contribution in [1.29, 1.82) is 0 Å². The van der Waals surface area contributed by atoms with Gasteiger partial charge in [0.1, 0.15) is 11.6 Å². The highest BCUT2D eigenvalue weighted by Crippen LogP contribution is 2.12. The van der Waals surface area contributed by atoms with Gasteiger partial charge in [-0.05, 0) is 30.3 Å². The van der Waals surface area contributed by atoms with Crippen LogP contribution in [0.1, 0.15) is 15.5 Å². The molecule has 0 amide bonds. The SMILES string of the molecule is Nc1ccc(-n2ccc(C(=O)OCc3nccs3)n2)cc1. The fraction of sp³-hybridized carbons (Fsp3) is 0.0714. The number of rotatable bonds is 4. The van der Waals surface area contributed by atoms with Crippen LogP contribution in [0, 0.1) is 0 Å². The van der Waals surface area contributed by atoms with Crippen LogP contribution < -0.4 is 5.73 Å². The molecule has 0 radical (unpaired) electrons. The van der Waals surface area contributed by atoms with E-state index in [2.05, 4.69) is 10.1 Å². The second-order valence-electron chi connectivity index (χ2n) is 4.24. The lowest BCUT2D eigenvalue weighted by Gasteiger charge is -2.02. The third kappa shape index (κ3) is 3.09. The molecule has 3 aromatic rings. The van der Waals surface area contributed by atoms with E-state index < -0.39 is 5.97 Å². The van der Waals surface area contributed by atoms with Crippen LogP contribution >= 0.6 is 11.3 Å². The largest absolute Gasteiger partial charge is 0.454 e. The first-order chi connectivity index (χ1) is 10.2. The molecular weight excluding hydrogens is 288 g/mol. The molecule has 2 heterocycles. The summed E-state index contributed by atoms with van der Waals surface area (Å²) in [6.45, 7) is 0.158. The monoisotopic (exact) mass is 300 g/mol. The zero-order valence-electron chi connectivity index (χ0n) is 11.0. The molecule has 0 bridgehead atoms. The smallest absolute Gasteiger partial charge is 0.359 e. The number of hydrogen-bond acceptors (Lipinski definition) is 6. The Morgan fingerprint density at radius 2 is 2.10 bits per heavy atom. The number of aromatic nitrogens is 3. The number of hydrogen-bond donors (Lipinski definition) is 1. The van der Waals surface area contributed by atoms with Crippen LogP contribution in [-0.4, -0.2) is 20.7 Å². The quantitative estimate of drug-likeness (QED) is 0.590. The van der Waals surface area contributed by atoms with E-state index in [0.29, 0.717) is 5.69 Å². The van der Waals surface area contributed by atoms with Crippen molar-refractivity contribution < 1.29 is 9.53 Å². The van der Waals surface area contributed by atoms with Gasteiger partial charge in [0, 0.05) is 23.5 Å². The van der Waals surface area contributed by atoms with Crippen LogP contribution in [-0.2, 0) is 11.3 Å². The first-order valence-electron chi connectivity index (χ1n) is 6.19. The Hall–Kier alpha value is -2.67. The summed E-state index contributed by atoms with van der Waals surface area (Å²) in [4.78, 5) is 15.9. The molecule has 0 saturated carbocycles. The molecule has 1 aromatic carbocycles. The summed E-state index contributed by atoms with van der Waals surface area (Å²) in [6.07, 6.45) is 3.37. The van der Waals surface area contributed by atoms with E-state index in [1.807, 2.05) is 17.5 Å². The van der Waals surface area contributed by atoms with E-state index in [0.717, 1.165) is 10.7 Å². The van der Waals surface area contributed by atoms with E-state index in [-0.39, 0.29) is 12.3 Å². The van der Waals surface area contributed by atoms with Crippen molar-refractivity contribution in [3.05, 3.63) is 58.8 Å². The summed E-state index contributed by atoms with van der Waals surface area (Å²) in [7, 11) is 0. The average Bonchev–Trinajstić information content (AvgIpc) is 3.17. The lowest BCUT2D eigenvalue weighted by atomic mass is 10.3. The van der Waals surface area contributed by atoms with Crippen LogP contribution in [0.2, 0.25) is 0 Å². The number of carbonyl (C=O) groups excluding carboxylic acids is 1. The van der Waals surface area contributed by atoms with Gasteiger partial charge < -0.3 is 10.5 Å². The van der Waals surface area contributed by atoms with Gasteiger partial charge >= 0.3 is 5.97 Å². The number of carbonyl (C=O) groups is 1. The molecule has 0 saturated heterocycles. The molecule has 2 aromatic heterocycles. The average molecular weight is 300 g/mol. The second-order valence-corrected chi connectivity index (χ2v) is 5.22. The third-order valence-electron chi connectivity index (χ3n) is 2.77. The lowest BCUT2D eigenvalue weighted by molar-refractivity contribution is 0.0465. The molecule has 6 nitrogen and oxygen atoms in total. The number of anilines is 1. The first-order valence-corrected chi connectivity index (χ1v) is 7.07. The van der Waals surface area contributed by atoms with Crippen LogP contribution in [0.4, 0.5) is 5.69 Å². The van der Waals surface area contributed by atoms with Crippen molar-refractivity contribution >= 4 is 23.0 Å². The molecule has 0 unspecified atom stereocenters. The van der Waals surface area contributed by atoms with Gasteiger partial charge in [0.2, 0.25) is 0 Å². The van der Waals surface area contributed by atoms with Crippen molar-refractivity contribution in [3.8, 4) is 5.69 Å². The predicted molar refractivity (Wildman–Crippen MR) is 79.2 cm³/mol. The van der Waals surface area contributed by atoms with Crippen LogP contribution in [0.3, 0.4) is 0 Å². The first kappa shape index (κ1) is 13.3. The topological polar surface area (TPSA) is 83.0 Å². The molecule has 106 valence electrons. The van der Waals surface area contributed by atoms with Crippen molar-refractivity contribution in [1.82, 2.24) is 14.8 Å². The second kappa shape index (κ2) is 5.76. The van der Waals surface area contributed by atoms with Gasteiger partial charge in [-0.2, -0.15) is 5.10 Å². The summed E-state index contributed by atoms with van der Waals surface area (Å²) < 4.78 is 6.75. The van der Waals surface area contributed by atoms with Gasteiger partial charge in [-0.3, -0.25) is 0 Å². The van der Waals surface area contributed by atoms with E-state index in [1.54, 1.807) is 35.3 Å². The Labute approximate surface area is 124 Å². The summed E-state index contributed by atoms with van der Waals surface area (Å²) in [5, 5.41) is 6.78. The fourth-order valence-electron chi connectivity index (χ4n) is 1.73. The summed E-state index contributed by atoms with van der Waals surface area (Å²) in [5.74, 6) is -0.473. The molecule has 0 aliphatic carbocycles. The number of benzene rings is 1. The number of nitrogens with zero attached hydrogens (tertiary/aromatic N) is 3. The fourth-order valence-corrected chi connectivity index (χ4v) is 2.26. The van der Waals surface area contributed by atoms with E-state index in [4.69, 9.17) is 10.5 Å². The number of esters is 1. The molecular formula is C14H12N4O2S. The minimum absolute atomic E-state index is 0.158. The Morgan fingerprint density at radius 1 is 1.29 bits per heavy atom. The molecule has 21 heavy (non-hydrogen) atoms. The minimum atomic E-state index is -0.473. The summed E-state index contributed by atoms with van der Waals surface area (Å²) >= 11 is 1.44. The Kier molecular flexibility index (Phi) is 3.65. The van der Waals surface area contributed by atoms with Crippen LogP contribution in [0.5, 0.6) is 0 Å². The summed E-state index contributed by atoms with van der Waals surface area (Å²) in [5.41, 5.74) is 7.39. The maximum Gasteiger partial charge on any atom is 0.359 e. The molecule has 0 aliphatic rings. The van der Waals surface area contributed by atoms with Gasteiger partial charge in [-0.25, -0.2) is 14.5 Å². The van der Waals surface area contributed by atoms with Gasteiger partial charge in [0.25, 0.3) is 0 Å². The number of thiazole rings is 1. The van der Waals surface area contributed by atoms with Crippen molar-refractivity contribution in [2.75, 3.05) is 5.73 Å². The molecule has 7 heteroatoms. The van der Waals surface area contributed by atoms with E-state index in [9.17, 15) is 4.79 Å². The van der Waals surface area contributed by atoms with Crippen LogP contribution in [0.15, 0.2) is 48.1 Å². The zero-order valence-corrected chi connectivity index (χ0v) is 11.8. The highest BCUT2D eigenvalue weighted by molar-refractivity contribution is 7.09. The maximum atomic E-state index is 11.9. The number of ether oxygens (including phenoxy) is 1. The molecule has 0 spiro atoms. The molecule has 0 fully saturated rings. The maximum absolute atomic E-state index is 11.9. The molecule has 0 aliphatic heterocycles. The highest BCUT2D eigenvalue weighted by Gasteiger charge is 2.12. The highest BCUT2D eigenvalue weighted by atomic mass is 32.1. The zero-order chi connectivity index (χ0) is 14.7. The van der Waals surface area contributed by atoms with Gasteiger partial charge in [-0.15, -0.1) is 11.3 Å². The van der Waals surface area contributed by atoms with Gasteiger partial charge in [-0.1, -0.05) is 0 Å². The third-order valence-corrected chi connectivity index (χ3v) is 3.52. The van der Waals surface area contributed by atoms with Gasteiger partial charge in [0.05, 0.1) is 5.69 Å². The Balaban J connectivity index is 1.69. The standard InChI is InChI=1S/C14H12N4O2S/c15-10-1-3-11(4-2-10)18-7-5-12(17-18)14(19)20-9-13-16-6-8-21-13/h1-8H,9,15H2. The Bertz CT molecular complexity index is 735. The van der Waals surface area contributed by atoms with E-state index >= 15 is 0 Å². The van der Waals surface area contributed by atoms with Gasteiger partial charge in [0.15, 0.2) is 5.69 Å². The molecule has 2 N–H and O–H groups in total. The Morgan fingerprint density at radius 3 is 2.81 bits per heavy atom. The lowest BCUT2D eigenvalue weighted by Crippen LogP contribution is -2.07. The number of nitrogens with two attached hydrogens (primary N) is 1. The summed E-state index contributed by atoms with van der Waals surface area (Å²) in [6, 6.07) is 8.81. The predicted octanol–water partition coefficient (Wildman–Crippen LogP) is 2.27. The van der Waals surface area contributed by atoms with Crippen molar-refractivity contribution in [3.63, 3.8) is 0 Å². The number of nitrogen functional groups attached to an aromatic ring is 1. The van der Waals surface area contributed by atoms with E-state index in [1.165, 1.54) is 11.3 Å².